The van der Waals surface area contributed by atoms with Gasteiger partial charge in [-0.15, -0.1) is 0 Å². The molecule has 0 rings (SSSR count). The van der Waals surface area contributed by atoms with Gasteiger partial charge in [0, 0.05) is 6.42 Å². The Morgan fingerprint density at radius 1 is 0.923 bits per heavy atom. The molecule has 9 heteroatoms. The van der Waals surface area contributed by atoms with Crippen LogP contribution in [0.1, 0.15) is 61.3 Å². The van der Waals surface area contributed by atoms with Crippen LogP contribution in [0, 0.1) is 0 Å². The molecule has 0 spiro atoms. The highest BCUT2D eigenvalue weighted by atomic mass is 16.6. The Morgan fingerprint density at radius 3 is 1.85 bits per heavy atom. The van der Waals surface area contributed by atoms with Gasteiger partial charge in [-0.05, 0) is 54.9 Å². The fraction of sp³-hybridized carbons (Fsp3) is 0.765. The van der Waals surface area contributed by atoms with Gasteiger partial charge in [-0.1, -0.05) is 0 Å². The Labute approximate surface area is 153 Å². The lowest BCUT2D eigenvalue weighted by atomic mass is 10.1. The molecule has 0 aromatic carbocycles. The number of aliphatic carboxylic acids is 1. The molecule has 0 aliphatic carbocycles. The number of ether oxygens (including phenoxy) is 2. The van der Waals surface area contributed by atoms with Gasteiger partial charge in [0.25, 0.3) is 0 Å². The highest BCUT2D eigenvalue weighted by Gasteiger charge is 2.29. The second-order valence-corrected chi connectivity index (χ2v) is 7.89. The molecule has 2 amide bonds. The van der Waals surface area contributed by atoms with Crippen molar-refractivity contribution in [1.82, 2.24) is 10.6 Å². The monoisotopic (exact) mass is 374 g/mol. The number of nitrogens with one attached hydrogen (secondary N) is 2. The summed E-state index contributed by atoms with van der Waals surface area (Å²) in [6, 6.07) is -3.11. The summed E-state index contributed by atoms with van der Waals surface area (Å²) in [6.07, 6.45) is -0.158. The van der Waals surface area contributed by atoms with Gasteiger partial charge in [-0.25, -0.2) is 9.59 Å². The van der Waals surface area contributed by atoms with Crippen molar-refractivity contribution in [2.24, 2.45) is 0 Å². The quantitative estimate of drug-likeness (QED) is 0.577. The van der Waals surface area contributed by atoms with Crippen LogP contribution < -0.4 is 10.6 Å². The molecule has 0 aliphatic heterocycles. The number of carbonyl (C=O) groups excluding carboxylic acids is 3. The normalized spacial score (nSPS) is 14.0. The highest BCUT2D eigenvalue weighted by Crippen LogP contribution is 2.13. The predicted octanol–water partition coefficient (Wildman–Crippen LogP) is 1.59. The molecule has 0 aliphatic rings. The molecule has 3 N–H and O–H groups in total. The Hall–Kier alpha value is -2.32. The van der Waals surface area contributed by atoms with E-state index in [1.54, 1.807) is 41.5 Å². The molecule has 9 nitrogen and oxygen atoms in total. The highest BCUT2D eigenvalue weighted by molar-refractivity contribution is 5.86. The molecule has 0 saturated carbocycles. The molecular weight excluding hydrogens is 344 g/mol. The van der Waals surface area contributed by atoms with Gasteiger partial charge in [-0.3, -0.25) is 9.59 Å². The predicted molar refractivity (Wildman–Crippen MR) is 93.5 cm³/mol. The maximum Gasteiger partial charge on any atom is 0.329 e. The van der Waals surface area contributed by atoms with E-state index in [4.69, 9.17) is 14.6 Å². The Kier molecular flexibility index (Phi) is 8.56. The van der Waals surface area contributed by atoms with E-state index >= 15 is 0 Å². The molecular formula is C17H30N2O7. The zero-order valence-corrected chi connectivity index (χ0v) is 16.5. The van der Waals surface area contributed by atoms with Crippen LogP contribution in [0.2, 0.25) is 0 Å². The van der Waals surface area contributed by atoms with Gasteiger partial charge >= 0.3 is 23.9 Å². The van der Waals surface area contributed by atoms with Gasteiger partial charge in [0.15, 0.2) is 0 Å². The lowest BCUT2D eigenvalue weighted by molar-refractivity contribution is -0.158. The van der Waals surface area contributed by atoms with Crippen molar-refractivity contribution in [2.75, 3.05) is 0 Å². The van der Waals surface area contributed by atoms with Gasteiger partial charge in [0.05, 0.1) is 0 Å². The number of amides is 2. The van der Waals surface area contributed by atoms with E-state index < -0.39 is 47.2 Å². The molecule has 0 radical (unpaired) electrons. The van der Waals surface area contributed by atoms with Crippen molar-refractivity contribution < 1.29 is 33.8 Å². The average molecular weight is 374 g/mol. The fourth-order valence-electron chi connectivity index (χ4n) is 1.73. The van der Waals surface area contributed by atoms with Gasteiger partial charge in [0.2, 0.25) is 0 Å². The minimum absolute atomic E-state index is 0.0430. The SMILES string of the molecule is CC(NC(=O)NC(CCC(=O)OC(C)(C)C)C(=O)OC(C)(C)C)C(=O)O. The van der Waals surface area contributed by atoms with Crippen LogP contribution in [0.5, 0.6) is 0 Å². The Balaban J connectivity index is 4.95. The minimum atomic E-state index is -1.22. The number of carboxylic acids is 1. The number of rotatable bonds is 7. The van der Waals surface area contributed by atoms with Crippen molar-refractivity contribution in [3.05, 3.63) is 0 Å². The van der Waals surface area contributed by atoms with Crippen LogP contribution in [0.3, 0.4) is 0 Å². The first kappa shape index (κ1) is 23.7. The summed E-state index contributed by atoms with van der Waals surface area (Å²) in [7, 11) is 0. The smallest absolute Gasteiger partial charge is 0.329 e. The van der Waals surface area contributed by atoms with Crippen LogP contribution in [0.15, 0.2) is 0 Å². The van der Waals surface area contributed by atoms with E-state index in [1.807, 2.05) is 0 Å². The summed E-state index contributed by atoms with van der Waals surface area (Å²) in [4.78, 5) is 46.8. The molecule has 0 saturated heterocycles. The molecule has 2 unspecified atom stereocenters. The second kappa shape index (κ2) is 9.40. The van der Waals surface area contributed by atoms with E-state index in [9.17, 15) is 19.2 Å². The van der Waals surface area contributed by atoms with E-state index in [0.29, 0.717) is 0 Å². The summed E-state index contributed by atoms with van der Waals surface area (Å²) in [6.45, 7) is 11.4. The summed E-state index contributed by atoms with van der Waals surface area (Å²) < 4.78 is 10.4. The van der Waals surface area contributed by atoms with Crippen molar-refractivity contribution in [2.45, 2.75) is 84.6 Å². The van der Waals surface area contributed by atoms with E-state index in [2.05, 4.69) is 10.6 Å². The van der Waals surface area contributed by atoms with E-state index in [-0.39, 0.29) is 12.8 Å². The maximum absolute atomic E-state index is 12.3. The van der Waals surface area contributed by atoms with Crippen molar-refractivity contribution >= 4 is 23.9 Å². The molecule has 0 aromatic rings. The van der Waals surface area contributed by atoms with Crippen molar-refractivity contribution in [3.63, 3.8) is 0 Å². The molecule has 2 atom stereocenters. The molecule has 26 heavy (non-hydrogen) atoms. The summed E-state index contributed by atoms with van der Waals surface area (Å²) in [5.41, 5.74) is -1.45. The maximum atomic E-state index is 12.3. The van der Waals surface area contributed by atoms with Crippen molar-refractivity contribution in [1.29, 1.82) is 0 Å². The number of hydrogen-bond acceptors (Lipinski definition) is 6. The first-order valence-corrected chi connectivity index (χ1v) is 8.35. The average Bonchev–Trinajstić information content (AvgIpc) is 2.39. The third-order valence-corrected chi connectivity index (χ3v) is 2.77. The van der Waals surface area contributed by atoms with Gasteiger partial charge < -0.3 is 25.2 Å². The van der Waals surface area contributed by atoms with Crippen LogP contribution in [0.25, 0.3) is 0 Å². The van der Waals surface area contributed by atoms with Gasteiger partial charge in [0.1, 0.15) is 23.3 Å². The molecule has 0 fully saturated rings. The number of esters is 2. The lowest BCUT2D eigenvalue weighted by Gasteiger charge is -2.25. The fourth-order valence-corrected chi connectivity index (χ4v) is 1.73. The zero-order valence-electron chi connectivity index (χ0n) is 16.5. The largest absolute Gasteiger partial charge is 0.480 e. The number of urea groups is 1. The number of carboxylic acid groups (broad SMARTS) is 1. The third-order valence-electron chi connectivity index (χ3n) is 2.77. The molecule has 150 valence electrons. The standard InChI is InChI=1S/C17H30N2O7/c1-10(13(21)22)18-15(24)19-11(14(23)26-17(5,6)7)8-9-12(20)25-16(2,3)4/h10-11H,8-9H2,1-7H3,(H,21,22)(H2,18,19,24). The number of hydrogen-bond donors (Lipinski definition) is 3. The minimum Gasteiger partial charge on any atom is -0.480 e. The van der Waals surface area contributed by atoms with Crippen LogP contribution >= 0.6 is 0 Å². The summed E-state index contributed by atoms with van der Waals surface area (Å²) in [5.74, 6) is -2.46. The Morgan fingerprint density at radius 2 is 1.42 bits per heavy atom. The second-order valence-electron chi connectivity index (χ2n) is 7.89. The molecule has 0 bridgehead atoms. The van der Waals surface area contributed by atoms with E-state index in [1.165, 1.54) is 6.92 Å². The van der Waals surface area contributed by atoms with Gasteiger partial charge in [-0.2, -0.15) is 0 Å². The first-order valence-electron chi connectivity index (χ1n) is 8.35. The van der Waals surface area contributed by atoms with Crippen LogP contribution in [-0.2, 0) is 23.9 Å². The first-order chi connectivity index (χ1) is 11.6. The zero-order chi connectivity index (χ0) is 20.7. The summed E-state index contributed by atoms with van der Waals surface area (Å²) in [5, 5.41) is 13.3. The third kappa shape index (κ3) is 11.3. The topological polar surface area (TPSA) is 131 Å². The number of carbonyl (C=O) groups is 4. The van der Waals surface area contributed by atoms with Crippen molar-refractivity contribution in [3.8, 4) is 0 Å². The Bertz CT molecular complexity index is 532. The molecule has 0 heterocycles. The summed E-state index contributed by atoms with van der Waals surface area (Å²) >= 11 is 0. The molecule has 0 aromatic heterocycles. The van der Waals surface area contributed by atoms with Crippen LogP contribution in [-0.4, -0.2) is 52.3 Å². The van der Waals surface area contributed by atoms with E-state index in [0.717, 1.165) is 0 Å². The lowest BCUT2D eigenvalue weighted by Crippen LogP contribution is -2.51. The van der Waals surface area contributed by atoms with Crippen LogP contribution in [0.4, 0.5) is 4.79 Å².